The van der Waals surface area contributed by atoms with Gasteiger partial charge in [-0.1, -0.05) is 46.8 Å². The quantitative estimate of drug-likeness (QED) is 0.522. The van der Waals surface area contributed by atoms with Crippen LogP contribution in [0.4, 0.5) is 0 Å². The maximum Gasteiger partial charge on any atom is 0.343 e. The van der Waals surface area contributed by atoms with Crippen molar-refractivity contribution >= 4 is 11.5 Å². The number of ether oxygens (including phenoxy) is 1. The van der Waals surface area contributed by atoms with Gasteiger partial charge in [-0.15, -0.1) is 0 Å². The molecule has 1 aromatic rings. The highest BCUT2D eigenvalue weighted by Crippen LogP contribution is 2.50. The van der Waals surface area contributed by atoms with Crippen molar-refractivity contribution in [3.8, 4) is 0 Å². The molecule has 186 valence electrons. The van der Waals surface area contributed by atoms with E-state index in [-0.39, 0.29) is 46.8 Å². The molecular formula is C28H40N2O4. The molecule has 1 heterocycles. The molecule has 0 bridgehead atoms. The molecule has 2 N–H and O–H groups in total. The fourth-order valence-electron chi connectivity index (χ4n) is 5.72. The van der Waals surface area contributed by atoms with Crippen LogP contribution < -0.4 is 10.7 Å². The molecule has 34 heavy (non-hydrogen) atoms. The standard InChI is InChI=1S/C28H40N2O4/c1-8-17(3)24(19-11-10-12-22(31)25(19)29-7)21-15-23(32)20(27(33)34-9-2)16-30(21)26-18(4)13-14-28(26,5)6/h10-12,15-18,25-26,29,31H,8-9,13-14H2,1-7H3/b24-19+. The Bertz CT molecular complexity index is 1080. The maximum absolute atomic E-state index is 13.2. The van der Waals surface area contributed by atoms with Crippen molar-refractivity contribution in [2.45, 2.75) is 72.9 Å². The second-order valence-electron chi connectivity index (χ2n) is 10.4. The van der Waals surface area contributed by atoms with E-state index in [9.17, 15) is 14.7 Å². The molecule has 0 amide bonds. The third kappa shape index (κ3) is 4.78. The van der Waals surface area contributed by atoms with E-state index in [1.54, 1.807) is 25.3 Å². The van der Waals surface area contributed by atoms with Gasteiger partial charge < -0.3 is 19.7 Å². The number of likely N-dealkylation sites (N-methyl/N-ethyl adjacent to an activating group) is 1. The van der Waals surface area contributed by atoms with E-state index in [1.807, 2.05) is 19.2 Å². The van der Waals surface area contributed by atoms with E-state index in [4.69, 9.17) is 4.74 Å². The van der Waals surface area contributed by atoms with E-state index in [1.165, 1.54) is 0 Å². The number of aliphatic hydroxyl groups excluding tert-OH is 1. The molecule has 1 fully saturated rings. The minimum atomic E-state index is -0.583. The van der Waals surface area contributed by atoms with Crippen LogP contribution in [0.15, 0.2) is 46.6 Å². The van der Waals surface area contributed by atoms with Gasteiger partial charge in [0, 0.05) is 24.0 Å². The topological polar surface area (TPSA) is 80.6 Å². The predicted molar refractivity (Wildman–Crippen MR) is 137 cm³/mol. The highest BCUT2D eigenvalue weighted by molar-refractivity contribution is 5.89. The van der Waals surface area contributed by atoms with E-state index in [0.29, 0.717) is 5.92 Å². The van der Waals surface area contributed by atoms with E-state index < -0.39 is 5.97 Å². The molecule has 0 spiro atoms. The molecular weight excluding hydrogens is 428 g/mol. The number of hydrogen-bond donors (Lipinski definition) is 2. The zero-order valence-electron chi connectivity index (χ0n) is 21.6. The number of carbonyl (C=O) groups is 1. The molecule has 0 aromatic carbocycles. The minimum absolute atomic E-state index is 0.00670. The van der Waals surface area contributed by atoms with Gasteiger partial charge in [-0.2, -0.15) is 0 Å². The van der Waals surface area contributed by atoms with Crippen LogP contribution in [0.25, 0.3) is 5.57 Å². The lowest BCUT2D eigenvalue weighted by molar-refractivity contribution is 0.0522. The summed E-state index contributed by atoms with van der Waals surface area (Å²) in [5, 5.41) is 13.8. The SMILES string of the molecule is CCOC(=O)c1cn(C2C(C)CCC2(C)C)c(/C(=C2\C=CC=C(O)C2NC)C(C)CC)cc1=O. The second-order valence-corrected chi connectivity index (χ2v) is 10.4. The summed E-state index contributed by atoms with van der Waals surface area (Å²) in [5.74, 6) is 0.165. The van der Waals surface area contributed by atoms with Crippen LogP contribution in [-0.2, 0) is 4.74 Å². The van der Waals surface area contributed by atoms with Crippen LogP contribution in [0.3, 0.4) is 0 Å². The van der Waals surface area contributed by atoms with Crippen molar-refractivity contribution in [2.24, 2.45) is 17.3 Å². The number of nitrogens with zero attached hydrogens (tertiary/aromatic N) is 1. The molecule has 4 unspecified atom stereocenters. The fraction of sp³-hybridized carbons (Fsp3) is 0.571. The molecule has 1 aromatic heterocycles. The highest BCUT2D eigenvalue weighted by atomic mass is 16.5. The molecule has 1 saturated carbocycles. The fourth-order valence-corrected chi connectivity index (χ4v) is 5.72. The normalized spacial score (nSPS) is 26.2. The Hall–Kier alpha value is -2.60. The monoisotopic (exact) mass is 468 g/mol. The Balaban J connectivity index is 2.38. The van der Waals surface area contributed by atoms with Crippen LogP contribution >= 0.6 is 0 Å². The summed E-state index contributed by atoms with van der Waals surface area (Å²) in [7, 11) is 1.82. The van der Waals surface area contributed by atoms with Crippen molar-refractivity contribution in [3.05, 3.63) is 63.3 Å². The number of esters is 1. The van der Waals surface area contributed by atoms with Gasteiger partial charge >= 0.3 is 5.97 Å². The summed E-state index contributed by atoms with van der Waals surface area (Å²) in [6.45, 7) is 13.0. The first-order valence-electron chi connectivity index (χ1n) is 12.5. The summed E-state index contributed by atoms with van der Waals surface area (Å²) < 4.78 is 7.38. The van der Waals surface area contributed by atoms with Crippen molar-refractivity contribution in [1.82, 2.24) is 9.88 Å². The number of rotatable bonds is 7. The van der Waals surface area contributed by atoms with Crippen LogP contribution in [0.1, 0.15) is 82.9 Å². The van der Waals surface area contributed by atoms with E-state index in [2.05, 4.69) is 44.5 Å². The molecule has 0 saturated heterocycles. The van der Waals surface area contributed by atoms with Gasteiger partial charge in [-0.3, -0.25) is 4.79 Å². The van der Waals surface area contributed by atoms with Crippen LogP contribution in [0.5, 0.6) is 0 Å². The lowest BCUT2D eigenvalue weighted by Gasteiger charge is -2.36. The van der Waals surface area contributed by atoms with E-state index >= 15 is 0 Å². The zero-order chi connectivity index (χ0) is 25.2. The lowest BCUT2D eigenvalue weighted by Crippen LogP contribution is -2.34. The van der Waals surface area contributed by atoms with Gasteiger partial charge in [0.2, 0.25) is 0 Å². The molecule has 2 aliphatic carbocycles. The third-order valence-corrected chi connectivity index (χ3v) is 7.59. The van der Waals surface area contributed by atoms with Crippen molar-refractivity contribution in [3.63, 3.8) is 0 Å². The number of hydrogen-bond acceptors (Lipinski definition) is 5. The number of carbonyl (C=O) groups excluding carboxylic acids is 1. The first-order chi connectivity index (χ1) is 16.1. The second kappa shape index (κ2) is 10.3. The maximum atomic E-state index is 13.2. The van der Waals surface area contributed by atoms with E-state index in [0.717, 1.165) is 36.1 Å². The Labute approximate surface area is 203 Å². The predicted octanol–water partition coefficient (Wildman–Crippen LogP) is 5.42. The largest absolute Gasteiger partial charge is 0.510 e. The molecule has 4 atom stereocenters. The molecule has 0 aliphatic heterocycles. The third-order valence-electron chi connectivity index (χ3n) is 7.59. The lowest BCUT2D eigenvalue weighted by atomic mass is 9.82. The highest BCUT2D eigenvalue weighted by Gasteiger charge is 2.42. The first kappa shape index (κ1) is 26.0. The number of nitrogens with one attached hydrogen (secondary N) is 1. The average Bonchev–Trinajstić information content (AvgIpc) is 3.06. The smallest absolute Gasteiger partial charge is 0.343 e. The number of aromatic nitrogens is 1. The summed E-state index contributed by atoms with van der Waals surface area (Å²) in [5.41, 5.74) is 2.50. The Morgan fingerprint density at radius 2 is 2.06 bits per heavy atom. The van der Waals surface area contributed by atoms with Gasteiger partial charge in [0.05, 0.1) is 12.6 Å². The Kier molecular flexibility index (Phi) is 7.91. The summed E-state index contributed by atoms with van der Waals surface area (Å²) >= 11 is 0. The number of aliphatic hydroxyl groups is 1. The van der Waals surface area contributed by atoms with Gasteiger partial charge in [-0.25, -0.2) is 4.79 Å². The number of pyridine rings is 1. The Morgan fingerprint density at radius 3 is 2.62 bits per heavy atom. The van der Waals surface area contributed by atoms with Crippen molar-refractivity contribution in [1.29, 1.82) is 0 Å². The molecule has 3 rings (SSSR count). The van der Waals surface area contributed by atoms with Crippen LogP contribution in [0.2, 0.25) is 0 Å². The number of allylic oxidation sites excluding steroid dienone is 3. The van der Waals surface area contributed by atoms with Gasteiger partial charge in [0.25, 0.3) is 0 Å². The molecule has 6 heteroatoms. The van der Waals surface area contributed by atoms with Gasteiger partial charge in [0.15, 0.2) is 5.43 Å². The molecule has 6 nitrogen and oxygen atoms in total. The van der Waals surface area contributed by atoms with Crippen molar-refractivity contribution in [2.75, 3.05) is 13.7 Å². The van der Waals surface area contributed by atoms with Crippen LogP contribution in [-0.4, -0.2) is 35.3 Å². The van der Waals surface area contributed by atoms with Crippen molar-refractivity contribution < 1.29 is 14.6 Å². The average molecular weight is 469 g/mol. The molecule has 0 radical (unpaired) electrons. The molecule has 2 aliphatic rings. The summed E-state index contributed by atoms with van der Waals surface area (Å²) in [4.78, 5) is 25.9. The van der Waals surface area contributed by atoms with Gasteiger partial charge in [0.1, 0.15) is 11.3 Å². The summed E-state index contributed by atoms with van der Waals surface area (Å²) in [6.07, 6.45) is 10.3. The minimum Gasteiger partial charge on any atom is -0.510 e. The summed E-state index contributed by atoms with van der Waals surface area (Å²) in [6, 6.07) is 1.36. The Morgan fingerprint density at radius 1 is 1.35 bits per heavy atom. The van der Waals surface area contributed by atoms with Gasteiger partial charge in [-0.05, 0) is 67.7 Å². The van der Waals surface area contributed by atoms with Crippen LogP contribution in [0, 0.1) is 17.3 Å². The zero-order valence-corrected chi connectivity index (χ0v) is 21.6. The first-order valence-corrected chi connectivity index (χ1v) is 12.5.